The number of hydrogen-bond acceptors (Lipinski definition) is 5. The van der Waals surface area contributed by atoms with Crippen molar-refractivity contribution < 1.29 is 14.1 Å². The number of benzene rings is 2. The van der Waals surface area contributed by atoms with Gasteiger partial charge in [-0.05, 0) is 43.2 Å². The summed E-state index contributed by atoms with van der Waals surface area (Å²) in [6, 6.07) is 11.9. The fourth-order valence-electron chi connectivity index (χ4n) is 3.34. The van der Waals surface area contributed by atoms with E-state index in [4.69, 9.17) is 0 Å². The summed E-state index contributed by atoms with van der Waals surface area (Å²) in [5, 5.41) is 17.8. The zero-order valence-electron chi connectivity index (χ0n) is 15.4. The average Bonchev–Trinajstić information content (AvgIpc) is 3.40. The average molecular weight is 395 g/mol. The van der Waals surface area contributed by atoms with Crippen molar-refractivity contribution >= 4 is 23.0 Å². The summed E-state index contributed by atoms with van der Waals surface area (Å²) in [5.74, 6) is -0.918. The summed E-state index contributed by atoms with van der Waals surface area (Å²) in [6.07, 6.45) is 3.66. The van der Waals surface area contributed by atoms with Gasteiger partial charge < -0.3 is 10.2 Å². The minimum Gasteiger partial charge on any atom is -0.371 e. The number of nitrogens with one attached hydrogen (secondary N) is 1. The third-order valence-electron chi connectivity index (χ3n) is 4.74. The van der Waals surface area contributed by atoms with E-state index in [1.165, 1.54) is 41.2 Å². The van der Waals surface area contributed by atoms with Crippen molar-refractivity contribution in [3.05, 3.63) is 76.4 Å². The van der Waals surface area contributed by atoms with Gasteiger partial charge in [0.25, 0.3) is 11.6 Å². The van der Waals surface area contributed by atoms with Gasteiger partial charge in [-0.1, -0.05) is 6.07 Å². The first-order valence-corrected chi connectivity index (χ1v) is 9.17. The minimum absolute atomic E-state index is 0.0711. The van der Waals surface area contributed by atoms with Crippen LogP contribution in [0.4, 0.5) is 21.5 Å². The van der Waals surface area contributed by atoms with Gasteiger partial charge in [0.1, 0.15) is 5.82 Å². The molecule has 0 aliphatic carbocycles. The molecule has 3 aromatic rings. The van der Waals surface area contributed by atoms with E-state index in [0.29, 0.717) is 11.4 Å². The van der Waals surface area contributed by atoms with E-state index in [1.54, 1.807) is 18.2 Å². The molecule has 2 heterocycles. The molecule has 148 valence electrons. The van der Waals surface area contributed by atoms with Crippen LogP contribution in [-0.4, -0.2) is 33.7 Å². The number of aromatic nitrogens is 2. The Kier molecular flexibility index (Phi) is 4.94. The third kappa shape index (κ3) is 4.08. The molecule has 9 heteroatoms. The van der Waals surface area contributed by atoms with E-state index < -0.39 is 16.6 Å². The number of nitro groups is 1. The number of halogens is 1. The first kappa shape index (κ1) is 18.6. The number of rotatable bonds is 5. The Balaban J connectivity index is 1.53. The molecule has 29 heavy (non-hydrogen) atoms. The molecule has 1 saturated heterocycles. The Hall–Kier alpha value is -3.75. The van der Waals surface area contributed by atoms with Gasteiger partial charge >= 0.3 is 0 Å². The summed E-state index contributed by atoms with van der Waals surface area (Å²) >= 11 is 0. The molecule has 2 aromatic carbocycles. The SMILES string of the molecule is O=C(Nc1cc(F)cc(N2CCCC2)c1)c1ccn(-c2cccc([N+](=O)[O-])c2)n1. The van der Waals surface area contributed by atoms with Gasteiger partial charge in [-0.3, -0.25) is 14.9 Å². The maximum atomic E-state index is 14.0. The quantitative estimate of drug-likeness (QED) is 0.524. The Morgan fingerprint density at radius 3 is 2.66 bits per heavy atom. The molecule has 1 fully saturated rings. The summed E-state index contributed by atoms with van der Waals surface area (Å²) < 4.78 is 15.4. The second kappa shape index (κ2) is 7.70. The number of carbonyl (C=O) groups is 1. The predicted molar refractivity (Wildman–Crippen MR) is 106 cm³/mol. The summed E-state index contributed by atoms with van der Waals surface area (Å²) in [6.45, 7) is 1.73. The molecule has 1 N–H and O–H groups in total. The number of carbonyl (C=O) groups excluding carboxylic acids is 1. The fourth-order valence-corrected chi connectivity index (χ4v) is 3.34. The first-order valence-electron chi connectivity index (χ1n) is 9.17. The number of nitrogens with zero attached hydrogens (tertiary/aromatic N) is 4. The maximum absolute atomic E-state index is 14.0. The molecule has 1 aliphatic heterocycles. The summed E-state index contributed by atoms with van der Waals surface area (Å²) in [4.78, 5) is 25.1. The van der Waals surface area contributed by atoms with Crippen molar-refractivity contribution in [1.29, 1.82) is 0 Å². The van der Waals surface area contributed by atoms with Crippen LogP contribution in [0.1, 0.15) is 23.3 Å². The Labute approximate surface area is 165 Å². The van der Waals surface area contributed by atoms with Crippen LogP contribution in [0.15, 0.2) is 54.7 Å². The van der Waals surface area contributed by atoms with Crippen molar-refractivity contribution in [3.8, 4) is 5.69 Å². The van der Waals surface area contributed by atoms with Crippen LogP contribution >= 0.6 is 0 Å². The largest absolute Gasteiger partial charge is 0.371 e. The Bertz CT molecular complexity index is 1080. The van der Waals surface area contributed by atoms with Crippen molar-refractivity contribution in [2.45, 2.75) is 12.8 Å². The number of non-ortho nitro benzene ring substituents is 1. The van der Waals surface area contributed by atoms with E-state index in [0.717, 1.165) is 31.6 Å². The molecule has 1 aliphatic rings. The van der Waals surface area contributed by atoms with E-state index in [-0.39, 0.29) is 11.4 Å². The molecule has 1 amide bonds. The van der Waals surface area contributed by atoms with E-state index in [1.807, 2.05) is 0 Å². The zero-order valence-corrected chi connectivity index (χ0v) is 15.4. The number of nitro benzene ring substituents is 1. The van der Waals surface area contributed by atoms with Gasteiger partial charge in [-0.2, -0.15) is 5.10 Å². The molecule has 4 rings (SSSR count). The number of amides is 1. The topological polar surface area (TPSA) is 93.3 Å². The fraction of sp³-hybridized carbons (Fsp3) is 0.200. The second-order valence-electron chi connectivity index (χ2n) is 6.77. The molecule has 0 radical (unpaired) electrons. The van der Waals surface area contributed by atoms with Crippen LogP contribution in [-0.2, 0) is 0 Å². The van der Waals surface area contributed by atoms with Crippen molar-refractivity contribution in [3.63, 3.8) is 0 Å². The molecule has 0 spiro atoms. The molecule has 1 aromatic heterocycles. The molecule has 0 bridgehead atoms. The minimum atomic E-state index is -0.497. The molecule has 0 saturated carbocycles. The van der Waals surface area contributed by atoms with Gasteiger partial charge in [-0.15, -0.1) is 0 Å². The van der Waals surface area contributed by atoms with Crippen LogP contribution in [0, 0.1) is 15.9 Å². The molecular weight excluding hydrogens is 377 g/mol. The lowest BCUT2D eigenvalue weighted by molar-refractivity contribution is -0.384. The van der Waals surface area contributed by atoms with Crippen molar-refractivity contribution in [2.24, 2.45) is 0 Å². The number of anilines is 2. The van der Waals surface area contributed by atoms with Crippen LogP contribution in [0.25, 0.3) is 5.69 Å². The zero-order chi connectivity index (χ0) is 20.4. The predicted octanol–water partition coefficient (Wildman–Crippen LogP) is 3.77. The highest BCUT2D eigenvalue weighted by Crippen LogP contribution is 2.25. The Morgan fingerprint density at radius 1 is 1.10 bits per heavy atom. The monoisotopic (exact) mass is 395 g/mol. The summed E-state index contributed by atoms with van der Waals surface area (Å²) in [5.41, 5.74) is 1.59. The highest BCUT2D eigenvalue weighted by atomic mass is 19.1. The van der Waals surface area contributed by atoms with Gasteiger partial charge in [-0.25, -0.2) is 9.07 Å². The number of hydrogen-bond donors (Lipinski definition) is 1. The smallest absolute Gasteiger partial charge is 0.276 e. The molecule has 0 unspecified atom stereocenters. The lowest BCUT2D eigenvalue weighted by Gasteiger charge is -2.18. The van der Waals surface area contributed by atoms with Gasteiger partial charge in [0.05, 0.1) is 10.6 Å². The van der Waals surface area contributed by atoms with Crippen LogP contribution in [0.5, 0.6) is 0 Å². The van der Waals surface area contributed by atoms with Crippen molar-refractivity contribution in [2.75, 3.05) is 23.3 Å². The van der Waals surface area contributed by atoms with Crippen LogP contribution in [0.3, 0.4) is 0 Å². The molecule has 8 nitrogen and oxygen atoms in total. The lowest BCUT2D eigenvalue weighted by Crippen LogP contribution is -2.19. The van der Waals surface area contributed by atoms with E-state index >= 15 is 0 Å². The standard InChI is InChI=1S/C20H18FN5O3/c21-14-10-15(12-18(11-14)24-7-1-2-8-24)22-20(27)19-6-9-25(23-19)16-4-3-5-17(13-16)26(28)29/h3-6,9-13H,1-2,7-8H2,(H,22,27). The Morgan fingerprint density at radius 2 is 1.90 bits per heavy atom. The van der Waals surface area contributed by atoms with Gasteiger partial charge in [0.15, 0.2) is 5.69 Å². The van der Waals surface area contributed by atoms with E-state index in [2.05, 4.69) is 15.3 Å². The van der Waals surface area contributed by atoms with Crippen LogP contribution in [0.2, 0.25) is 0 Å². The van der Waals surface area contributed by atoms with Gasteiger partial charge in [0.2, 0.25) is 0 Å². The third-order valence-corrected chi connectivity index (χ3v) is 4.74. The molecule has 0 atom stereocenters. The maximum Gasteiger partial charge on any atom is 0.276 e. The van der Waals surface area contributed by atoms with E-state index in [9.17, 15) is 19.3 Å². The lowest BCUT2D eigenvalue weighted by atomic mass is 10.2. The highest BCUT2D eigenvalue weighted by molar-refractivity contribution is 6.03. The normalized spacial score (nSPS) is 13.5. The first-order chi connectivity index (χ1) is 14.0. The van der Waals surface area contributed by atoms with Crippen molar-refractivity contribution in [1.82, 2.24) is 9.78 Å². The second-order valence-corrected chi connectivity index (χ2v) is 6.77. The summed E-state index contributed by atoms with van der Waals surface area (Å²) in [7, 11) is 0. The van der Waals surface area contributed by atoms with Gasteiger partial charge in [0, 0.05) is 42.8 Å². The van der Waals surface area contributed by atoms with Crippen LogP contribution < -0.4 is 10.2 Å². The molecular formula is C20H18FN5O3. The highest BCUT2D eigenvalue weighted by Gasteiger charge is 2.16.